The number of carbonyl (C=O) groups is 1. The first-order chi connectivity index (χ1) is 9.83. The van der Waals surface area contributed by atoms with Crippen molar-refractivity contribution in [1.82, 2.24) is 9.97 Å². The van der Waals surface area contributed by atoms with Gasteiger partial charge in [0.25, 0.3) is 0 Å². The second kappa shape index (κ2) is 6.08. The van der Waals surface area contributed by atoms with Crippen LogP contribution in [0.2, 0.25) is 0 Å². The summed E-state index contributed by atoms with van der Waals surface area (Å²) in [5.41, 5.74) is 1.66. The van der Waals surface area contributed by atoms with E-state index in [1.54, 1.807) is 6.20 Å². The van der Waals surface area contributed by atoms with Crippen molar-refractivity contribution in [2.45, 2.75) is 39.7 Å². The molecule has 1 aromatic heterocycles. The van der Waals surface area contributed by atoms with Crippen LogP contribution in [0.4, 0.5) is 5.82 Å². The van der Waals surface area contributed by atoms with Gasteiger partial charge in [-0.25, -0.2) is 4.98 Å². The van der Waals surface area contributed by atoms with Crippen molar-refractivity contribution in [2.75, 3.05) is 5.32 Å². The summed E-state index contributed by atoms with van der Waals surface area (Å²) in [4.78, 5) is 19.8. The van der Waals surface area contributed by atoms with Gasteiger partial charge in [0.05, 0.1) is 23.7 Å². The van der Waals surface area contributed by atoms with E-state index in [4.69, 9.17) is 5.11 Å². The first-order valence-electron chi connectivity index (χ1n) is 7.04. The molecule has 0 saturated heterocycles. The van der Waals surface area contributed by atoms with E-state index in [0.717, 1.165) is 17.5 Å². The summed E-state index contributed by atoms with van der Waals surface area (Å²) in [5.74, 6) is -0.199. The van der Waals surface area contributed by atoms with Crippen molar-refractivity contribution < 1.29 is 9.90 Å². The Labute approximate surface area is 124 Å². The van der Waals surface area contributed by atoms with E-state index in [2.05, 4.69) is 36.1 Å². The molecule has 1 aromatic carbocycles. The molecule has 0 saturated carbocycles. The Hall–Kier alpha value is -2.17. The minimum Gasteiger partial charge on any atom is -0.481 e. The lowest BCUT2D eigenvalue weighted by Gasteiger charge is -2.26. The lowest BCUT2D eigenvalue weighted by molar-refractivity contribution is -0.137. The average molecular weight is 287 g/mol. The lowest BCUT2D eigenvalue weighted by Crippen LogP contribution is -2.28. The van der Waals surface area contributed by atoms with Crippen molar-refractivity contribution in [3.63, 3.8) is 0 Å². The molecule has 0 radical (unpaired) electrons. The average Bonchev–Trinajstić information content (AvgIpc) is 2.35. The fourth-order valence-corrected chi connectivity index (χ4v) is 2.36. The number of hydrogen-bond donors (Lipinski definition) is 2. The van der Waals surface area contributed by atoms with Gasteiger partial charge in [0.1, 0.15) is 5.82 Å². The van der Waals surface area contributed by atoms with Gasteiger partial charge in [-0.2, -0.15) is 0 Å². The standard InChI is InChI=1S/C16H21N3O2/c1-16(2,3)9-11(8-15(20)21)18-14-10-17-12-6-4-5-7-13(12)19-14/h4-7,10-11H,8-9H2,1-3H3,(H,18,19)(H,20,21). The van der Waals surface area contributed by atoms with Crippen LogP contribution in [0.1, 0.15) is 33.6 Å². The van der Waals surface area contributed by atoms with E-state index >= 15 is 0 Å². The Kier molecular flexibility index (Phi) is 4.40. The highest BCUT2D eigenvalue weighted by atomic mass is 16.4. The molecule has 1 heterocycles. The van der Waals surface area contributed by atoms with E-state index in [-0.39, 0.29) is 17.9 Å². The lowest BCUT2D eigenvalue weighted by atomic mass is 9.87. The van der Waals surface area contributed by atoms with E-state index in [0.29, 0.717) is 5.82 Å². The Morgan fingerprint density at radius 3 is 2.57 bits per heavy atom. The molecule has 0 aliphatic carbocycles. The van der Waals surface area contributed by atoms with Crippen LogP contribution < -0.4 is 5.32 Å². The number of rotatable bonds is 5. The molecule has 0 spiro atoms. The normalized spacial score (nSPS) is 13.1. The highest BCUT2D eigenvalue weighted by Crippen LogP contribution is 2.24. The summed E-state index contributed by atoms with van der Waals surface area (Å²) in [6.45, 7) is 6.28. The molecule has 1 atom stereocenters. The van der Waals surface area contributed by atoms with Crippen molar-refractivity contribution in [3.8, 4) is 0 Å². The number of anilines is 1. The largest absolute Gasteiger partial charge is 0.481 e. The second-order valence-electron chi connectivity index (χ2n) is 6.45. The van der Waals surface area contributed by atoms with Crippen LogP contribution >= 0.6 is 0 Å². The van der Waals surface area contributed by atoms with Crippen LogP contribution in [0.3, 0.4) is 0 Å². The predicted molar refractivity (Wildman–Crippen MR) is 83.3 cm³/mol. The molecule has 5 nitrogen and oxygen atoms in total. The van der Waals surface area contributed by atoms with Gasteiger partial charge in [0, 0.05) is 6.04 Å². The third-order valence-electron chi connectivity index (χ3n) is 3.08. The Morgan fingerprint density at radius 2 is 1.95 bits per heavy atom. The number of carboxylic acids is 1. The second-order valence-corrected chi connectivity index (χ2v) is 6.45. The Bertz CT molecular complexity index is 635. The topological polar surface area (TPSA) is 75.1 Å². The molecule has 0 aliphatic heterocycles. The molecule has 5 heteroatoms. The fraction of sp³-hybridized carbons (Fsp3) is 0.438. The van der Waals surface area contributed by atoms with Crippen molar-refractivity contribution in [2.24, 2.45) is 5.41 Å². The zero-order valence-electron chi connectivity index (χ0n) is 12.6. The first-order valence-corrected chi connectivity index (χ1v) is 7.04. The van der Waals surface area contributed by atoms with Gasteiger partial charge in [-0.05, 0) is 24.0 Å². The molecule has 1 unspecified atom stereocenters. The van der Waals surface area contributed by atoms with Gasteiger partial charge in [0.15, 0.2) is 0 Å². The van der Waals surface area contributed by atoms with Crippen LogP contribution in [0.25, 0.3) is 11.0 Å². The molecule has 0 bridgehead atoms. The van der Waals surface area contributed by atoms with Gasteiger partial charge < -0.3 is 10.4 Å². The number of nitrogens with zero attached hydrogens (tertiary/aromatic N) is 2. The molecule has 0 fully saturated rings. The summed E-state index contributed by atoms with van der Waals surface area (Å²) in [5, 5.41) is 12.3. The summed E-state index contributed by atoms with van der Waals surface area (Å²) < 4.78 is 0. The maximum Gasteiger partial charge on any atom is 0.305 e. The maximum absolute atomic E-state index is 11.0. The van der Waals surface area contributed by atoms with E-state index in [1.807, 2.05) is 24.3 Å². The number of nitrogens with one attached hydrogen (secondary N) is 1. The summed E-state index contributed by atoms with van der Waals surface area (Å²) >= 11 is 0. The molecule has 21 heavy (non-hydrogen) atoms. The van der Waals surface area contributed by atoms with E-state index in [1.165, 1.54) is 0 Å². The van der Waals surface area contributed by atoms with Crippen LogP contribution in [0.5, 0.6) is 0 Å². The van der Waals surface area contributed by atoms with E-state index in [9.17, 15) is 4.79 Å². The zero-order valence-corrected chi connectivity index (χ0v) is 12.6. The van der Waals surface area contributed by atoms with Gasteiger partial charge in [-0.15, -0.1) is 0 Å². The maximum atomic E-state index is 11.0. The molecule has 2 aromatic rings. The van der Waals surface area contributed by atoms with Gasteiger partial charge in [0.2, 0.25) is 0 Å². The molecule has 2 rings (SSSR count). The first kappa shape index (κ1) is 15.2. The summed E-state index contributed by atoms with van der Waals surface area (Å²) in [6, 6.07) is 7.44. The number of benzene rings is 1. The summed E-state index contributed by atoms with van der Waals surface area (Å²) in [6.07, 6.45) is 2.46. The molecular formula is C16H21N3O2. The van der Waals surface area contributed by atoms with Crippen molar-refractivity contribution in [3.05, 3.63) is 30.5 Å². The van der Waals surface area contributed by atoms with Gasteiger partial charge in [-0.1, -0.05) is 32.9 Å². The molecule has 112 valence electrons. The molecule has 0 amide bonds. The number of hydrogen-bond acceptors (Lipinski definition) is 4. The molecular weight excluding hydrogens is 266 g/mol. The van der Waals surface area contributed by atoms with Gasteiger partial charge >= 0.3 is 5.97 Å². The molecule has 2 N–H and O–H groups in total. The highest BCUT2D eigenvalue weighted by molar-refractivity contribution is 5.75. The Morgan fingerprint density at radius 1 is 1.29 bits per heavy atom. The number of aliphatic carboxylic acids is 1. The van der Waals surface area contributed by atoms with E-state index < -0.39 is 5.97 Å². The van der Waals surface area contributed by atoms with Crippen LogP contribution in [-0.4, -0.2) is 27.1 Å². The minimum atomic E-state index is -0.814. The summed E-state index contributed by atoms with van der Waals surface area (Å²) in [7, 11) is 0. The molecule has 0 aliphatic rings. The minimum absolute atomic E-state index is 0.0391. The van der Waals surface area contributed by atoms with Crippen LogP contribution in [0, 0.1) is 5.41 Å². The smallest absolute Gasteiger partial charge is 0.305 e. The number of aromatic nitrogens is 2. The third-order valence-corrected chi connectivity index (χ3v) is 3.08. The van der Waals surface area contributed by atoms with Crippen LogP contribution in [-0.2, 0) is 4.79 Å². The van der Waals surface area contributed by atoms with Gasteiger partial charge in [-0.3, -0.25) is 9.78 Å². The predicted octanol–water partition coefficient (Wildman–Crippen LogP) is 3.32. The van der Waals surface area contributed by atoms with Crippen LogP contribution in [0.15, 0.2) is 30.5 Å². The number of para-hydroxylation sites is 2. The quantitative estimate of drug-likeness (QED) is 0.882. The number of carboxylic acid groups (broad SMARTS) is 1. The third kappa shape index (κ3) is 4.70. The Balaban J connectivity index is 2.18. The number of fused-ring (bicyclic) bond motifs is 1. The SMILES string of the molecule is CC(C)(C)CC(CC(=O)O)Nc1cnc2ccccc2n1. The highest BCUT2D eigenvalue weighted by Gasteiger charge is 2.21. The monoisotopic (exact) mass is 287 g/mol. The van der Waals surface area contributed by atoms with Crippen molar-refractivity contribution in [1.29, 1.82) is 0 Å². The fourth-order valence-electron chi connectivity index (χ4n) is 2.36. The van der Waals surface area contributed by atoms with Crippen molar-refractivity contribution >= 4 is 22.8 Å². The zero-order chi connectivity index (χ0) is 15.5.